The van der Waals surface area contributed by atoms with Crippen LogP contribution in [0.3, 0.4) is 0 Å². The van der Waals surface area contributed by atoms with E-state index >= 15 is 0 Å². The van der Waals surface area contributed by atoms with Crippen molar-refractivity contribution >= 4 is 38.4 Å². The molecular formula is C109H66N4O2. The highest BCUT2D eigenvalue weighted by molar-refractivity contribution is 6.09. The fourth-order valence-corrected chi connectivity index (χ4v) is 19.7. The lowest BCUT2D eigenvalue weighted by atomic mass is 9.65. The first kappa shape index (κ1) is 64.8. The van der Waals surface area contributed by atoms with Gasteiger partial charge in [0.05, 0.1) is 33.6 Å². The Balaban J connectivity index is 0.629. The summed E-state index contributed by atoms with van der Waals surface area (Å²) in [5, 5.41) is 7.29. The number of nitrogens with zero attached hydrogens (tertiary/aromatic N) is 4. The summed E-state index contributed by atoms with van der Waals surface area (Å²) in [6.45, 7) is 0. The molecule has 0 atom stereocenters. The van der Waals surface area contributed by atoms with Crippen LogP contribution in [-0.4, -0.2) is 19.9 Å². The van der Waals surface area contributed by atoms with Crippen LogP contribution < -0.4 is 9.47 Å². The van der Waals surface area contributed by atoms with E-state index in [4.69, 9.17) is 29.4 Å². The molecule has 6 heteroatoms. The first-order valence-corrected chi connectivity index (χ1v) is 39.5. The number of benzene rings is 17. The van der Waals surface area contributed by atoms with Gasteiger partial charge in [0.1, 0.15) is 23.0 Å². The van der Waals surface area contributed by atoms with E-state index in [9.17, 15) is 0 Å². The maximum absolute atomic E-state index is 7.26. The van der Waals surface area contributed by atoms with E-state index in [-0.39, 0.29) is 0 Å². The van der Waals surface area contributed by atoms with Gasteiger partial charge in [0.25, 0.3) is 0 Å². The van der Waals surface area contributed by atoms with Gasteiger partial charge >= 0.3 is 0 Å². The molecule has 17 aromatic carbocycles. The van der Waals surface area contributed by atoms with Gasteiger partial charge in [-0.15, -0.1) is 0 Å². The van der Waals surface area contributed by atoms with Crippen molar-refractivity contribution in [2.75, 3.05) is 0 Å². The third-order valence-electron chi connectivity index (χ3n) is 24.8. The molecule has 0 fully saturated rings. The maximum Gasteiger partial charge on any atom is 0.160 e. The Morgan fingerprint density at radius 2 is 0.609 bits per heavy atom. The first-order chi connectivity index (χ1) is 56.9. The van der Waals surface area contributed by atoms with Crippen LogP contribution in [0.4, 0.5) is 0 Å². The lowest BCUT2D eigenvalue weighted by Crippen LogP contribution is -2.32. The molecule has 0 radical (unpaired) electrons. The Labute approximate surface area is 665 Å². The van der Waals surface area contributed by atoms with Crippen molar-refractivity contribution in [3.8, 4) is 146 Å². The second-order valence-electron chi connectivity index (χ2n) is 31.0. The molecule has 19 aromatic rings. The van der Waals surface area contributed by atoms with Gasteiger partial charge < -0.3 is 9.47 Å². The summed E-state index contributed by atoms with van der Waals surface area (Å²) in [5.41, 5.74) is 30.9. The summed E-state index contributed by atoms with van der Waals surface area (Å²) in [6, 6.07) is 137. The molecule has 115 heavy (non-hydrogen) atoms. The third kappa shape index (κ3) is 9.95. The molecule has 2 aromatic heterocycles. The molecule has 24 rings (SSSR count). The quantitative estimate of drug-likeness (QED) is 0.134. The molecular weight excluding hydrogens is 1400 g/mol. The van der Waals surface area contributed by atoms with Gasteiger partial charge in [0.2, 0.25) is 0 Å². The minimum Gasteiger partial charge on any atom is -0.457 e. The van der Waals surface area contributed by atoms with Crippen molar-refractivity contribution in [1.29, 1.82) is 0 Å². The maximum atomic E-state index is 7.26. The monoisotopic (exact) mass is 1460 g/mol. The fourth-order valence-electron chi connectivity index (χ4n) is 19.7. The second-order valence-corrected chi connectivity index (χ2v) is 31.0. The zero-order chi connectivity index (χ0) is 75.5. The predicted molar refractivity (Wildman–Crippen MR) is 467 cm³/mol. The van der Waals surface area contributed by atoms with Gasteiger partial charge in [-0.1, -0.05) is 297 Å². The molecule has 4 heterocycles. The average Bonchev–Trinajstić information content (AvgIpc) is 1.54. The number of hydrogen-bond donors (Lipinski definition) is 0. The highest BCUT2D eigenvalue weighted by Gasteiger charge is 2.53. The zero-order valence-electron chi connectivity index (χ0n) is 62.3. The highest BCUT2D eigenvalue weighted by Crippen LogP contribution is 2.65. The Morgan fingerprint density at radius 3 is 1.18 bits per heavy atom. The molecule has 6 nitrogen and oxygen atoms in total. The molecule has 5 aliphatic rings. The van der Waals surface area contributed by atoms with Crippen molar-refractivity contribution in [2.24, 2.45) is 0 Å². The minimum atomic E-state index is -0.779. The summed E-state index contributed by atoms with van der Waals surface area (Å²) in [4.78, 5) is 22.0. The SMILES string of the molecule is C1=Cc2cc(-c3cc(-c4ccccc4)nc(-c4cccc(-c5ccc6c(c5)C5(c7cc(-c8cccc(-c9cc(-c%10ccc%11c(ccc%12ccccc%12%11)c%10)nc(-c%10cccc(-c%11ccc%12c(c%11)C%11(c%13ccccc%13O%12)c%12ccccc%12-c%12ccccc%12%11)c%10)n9)c8)ccc7O6)c6ccccc6-c6ccccc65)c4)n3)cc3cccc(c23)C1. The molecule has 0 unspecified atom stereocenters. The number of hydrogen-bond acceptors (Lipinski definition) is 6. The lowest BCUT2D eigenvalue weighted by molar-refractivity contribution is 0.436. The molecule has 2 aliphatic heterocycles. The largest absolute Gasteiger partial charge is 0.457 e. The summed E-state index contributed by atoms with van der Waals surface area (Å²) < 4.78 is 14.2. The van der Waals surface area contributed by atoms with Crippen molar-refractivity contribution < 1.29 is 9.47 Å². The molecule has 2 spiro atoms. The van der Waals surface area contributed by atoms with Crippen LogP contribution in [0.5, 0.6) is 23.0 Å². The van der Waals surface area contributed by atoms with Crippen molar-refractivity contribution in [1.82, 2.24) is 19.9 Å². The van der Waals surface area contributed by atoms with Crippen LogP contribution >= 0.6 is 0 Å². The highest BCUT2D eigenvalue weighted by atomic mass is 16.5. The van der Waals surface area contributed by atoms with Crippen molar-refractivity contribution in [3.05, 3.63) is 438 Å². The smallest absolute Gasteiger partial charge is 0.160 e. The van der Waals surface area contributed by atoms with Crippen LogP contribution in [0, 0.1) is 0 Å². The molecule has 0 bridgehead atoms. The van der Waals surface area contributed by atoms with E-state index in [0.717, 1.165) is 147 Å². The van der Waals surface area contributed by atoms with Gasteiger partial charge in [-0.2, -0.15) is 0 Å². The fraction of sp³-hybridized carbons (Fsp3) is 0.0275. The van der Waals surface area contributed by atoms with Gasteiger partial charge in [0, 0.05) is 55.6 Å². The summed E-state index contributed by atoms with van der Waals surface area (Å²) >= 11 is 0. The summed E-state index contributed by atoms with van der Waals surface area (Å²) in [6.07, 6.45) is 5.45. The summed E-state index contributed by atoms with van der Waals surface area (Å²) in [7, 11) is 0. The topological polar surface area (TPSA) is 70.0 Å². The Hall–Kier alpha value is -15.0. The molecule has 534 valence electrons. The van der Waals surface area contributed by atoms with Crippen LogP contribution in [0.2, 0.25) is 0 Å². The van der Waals surface area contributed by atoms with E-state index in [0.29, 0.717) is 11.6 Å². The van der Waals surface area contributed by atoms with E-state index in [1.165, 1.54) is 82.6 Å². The number of ether oxygens (including phenoxy) is 2. The summed E-state index contributed by atoms with van der Waals surface area (Å²) in [5.74, 6) is 4.61. The number of para-hydroxylation sites is 1. The van der Waals surface area contributed by atoms with Gasteiger partial charge in [0.15, 0.2) is 11.6 Å². The Bertz CT molecular complexity index is 7330. The van der Waals surface area contributed by atoms with Crippen LogP contribution in [0.15, 0.2) is 382 Å². The number of rotatable bonds is 9. The first-order valence-electron chi connectivity index (χ1n) is 39.5. The van der Waals surface area contributed by atoms with Gasteiger partial charge in [-0.25, -0.2) is 19.9 Å². The van der Waals surface area contributed by atoms with E-state index in [1.807, 2.05) is 0 Å². The molecule has 0 N–H and O–H groups in total. The van der Waals surface area contributed by atoms with Gasteiger partial charge in [-0.05, 0) is 219 Å². The molecule has 3 aliphatic carbocycles. The molecule has 0 saturated carbocycles. The normalized spacial score (nSPS) is 13.6. The standard InChI is InChI=1S/C109H66N4O2/c1-2-22-67(23-3-1)97-64-100(82-59-78-30-16-24-68-25-17-31-79(60-82)105(68)78)113-106(110-97)80-32-19-28-71(56-80)74-50-54-104-96(63-74)109(91-41-12-8-37-87(91)88-38-9-13-42-92(88)109)95-62-72(48-53-103(95)115-104)69-26-18-29-76(55-69)98-65-99(77-47-51-84-75(58-77)46-45-66-21-4-5-34-83(66)84)112-107(111-98)81-33-20-27-70(57-81)73-49-52-102-94(61-73)108(93-43-14-15-44-101(93)114-102)89-39-10-6-35-85(89)86-36-7-11-40-90(86)108/h1-24,26-65H,25H2. The van der Waals surface area contributed by atoms with E-state index < -0.39 is 10.8 Å². The third-order valence-corrected chi connectivity index (χ3v) is 24.8. The number of aromatic nitrogens is 4. The minimum absolute atomic E-state index is 0.607. The van der Waals surface area contributed by atoms with Gasteiger partial charge in [-0.3, -0.25) is 0 Å². The number of fused-ring (bicyclic) bond motifs is 21. The Kier molecular flexibility index (Phi) is 14.2. The van der Waals surface area contributed by atoms with Crippen LogP contribution in [0.25, 0.3) is 162 Å². The van der Waals surface area contributed by atoms with E-state index in [1.54, 1.807) is 0 Å². The molecule has 0 amide bonds. The average molecular weight is 1460 g/mol. The predicted octanol–water partition coefficient (Wildman–Crippen LogP) is 27.2. The number of allylic oxidation sites excluding steroid dienone is 1. The van der Waals surface area contributed by atoms with Crippen molar-refractivity contribution in [3.63, 3.8) is 0 Å². The second kappa shape index (κ2) is 25.3. The van der Waals surface area contributed by atoms with Crippen LogP contribution in [-0.2, 0) is 17.3 Å². The zero-order valence-corrected chi connectivity index (χ0v) is 62.3. The van der Waals surface area contributed by atoms with Crippen molar-refractivity contribution in [2.45, 2.75) is 17.3 Å². The lowest BCUT2D eigenvalue weighted by Gasteiger charge is -2.40. The van der Waals surface area contributed by atoms with Crippen LogP contribution in [0.1, 0.15) is 55.6 Å². The Morgan fingerprint density at radius 1 is 0.226 bits per heavy atom. The van der Waals surface area contributed by atoms with E-state index in [2.05, 4.69) is 388 Å². The molecule has 0 saturated heterocycles.